The largest absolute Gasteiger partial charge is 0.497 e. The zero-order valence-electron chi connectivity index (χ0n) is 21.8. The zero-order valence-corrected chi connectivity index (χ0v) is 22.6. The van der Waals surface area contributed by atoms with Crippen molar-refractivity contribution in [2.45, 2.75) is 36.9 Å². The van der Waals surface area contributed by atoms with Crippen LogP contribution in [-0.2, 0) is 24.3 Å². The van der Waals surface area contributed by atoms with Gasteiger partial charge in [-0.25, -0.2) is 8.42 Å². The molecule has 2 atom stereocenters. The molecule has 1 aliphatic carbocycles. The number of benzene rings is 1. The third-order valence-corrected chi connectivity index (χ3v) is 9.45. The fourth-order valence-electron chi connectivity index (χ4n) is 4.95. The fourth-order valence-corrected chi connectivity index (χ4v) is 6.36. The zero-order chi connectivity index (χ0) is 26.4. The number of aliphatic hydroxyl groups is 1. The average Bonchev–Trinajstić information content (AvgIpc) is 2.87. The third-order valence-electron chi connectivity index (χ3n) is 7.54. The third kappa shape index (κ3) is 6.83. The molecule has 1 N–H and O–H groups in total. The first-order chi connectivity index (χ1) is 17.8. The molecule has 4 rings (SSSR count). The highest BCUT2D eigenvalue weighted by Gasteiger charge is 2.36. The maximum Gasteiger partial charge on any atom is 0.288 e. The molecule has 37 heavy (non-hydrogen) atoms. The highest BCUT2D eigenvalue weighted by molar-refractivity contribution is 7.89. The van der Waals surface area contributed by atoms with Gasteiger partial charge in [-0.1, -0.05) is 6.42 Å². The Morgan fingerprint density at radius 3 is 2.43 bits per heavy atom. The van der Waals surface area contributed by atoms with Crippen molar-refractivity contribution in [3.8, 4) is 5.75 Å². The van der Waals surface area contributed by atoms with Gasteiger partial charge in [-0.3, -0.25) is 4.79 Å². The number of methoxy groups -OCH3 is 1. The van der Waals surface area contributed by atoms with Crippen LogP contribution in [0.2, 0.25) is 0 Å². The van der Waals surface area contributed by atoms with E-state index >= 15 is 0 Å². The lowest BCUT2D eigenvalue weighted by Crippen LogP contribution is -2.48. The summed E-state index contributed by atoms with van der Waals surface area (Å²) in [5, 5.41) is 9.50. The maximum absolute atomic E-state index is 13.2. The number of carbonyl (C=O) groups is 1. The molecule has 0 aromatic heterocycles. The van der Waals surface area contributed by atoms with Crippen molar-refractivity contribution < 1.29 is 32.5 Å². The number of carbonyl (C=O) groups excluding carboxylic acids is 1. The highest BCUT2D eigenvalue weighted by Crippen LogP contribution is 2.40. The lowest BCUT2D eigenvalue weighted by atomic mass is 9.73. The van der Waals surface area contributed by atoms with E-state index in [0.29, 0.717) is 36.9 Å². The van der Waals surface area contributed by atoms with Crippen LogP contribution in [0.25, 0.3) is 0 Å². The molecule has 1 amide bonds. The van der Waals surface area contributed by atoms with E-state index in [9.17, 15) is 18.3 Å². The molecule has 11 heteroatoms. The Morgan fingerprint density at radius 1 is 1.14 bits per heavy atom. The minimum absolute atomic E-state index is 0.0499. The van der Waals surface area contributed by atoms with Gasteiger partial charge in [0.2, 0.25) is 16.3 Å². The summed E-state index contributed by atoms with van der Waals surface area (Å²) >= 11 is 0. The average molecular weight is 538 g/mol. The molecule has 2 aliphatic heterocycles. The summed E-state index contributed by atoms with van der Waals surface area (Å²) in [4.78, 5) is 17.4. The van der Waals surface area contributed by atoms with E-state index in [4.69, 9.17) is 14.2 Å². The van der Waals surface area contributed by atoms with Crippen LogP contribution < -0.4 is 4.74 Å². The van der Waals surface area contributed by atoms with Crippen LogP contribution in [0.15, 0.2) is 41.0 Å². The second-order valence-electron chi connectivity index (χ2n) is 9.94. The van der Waals surface area contributed by atoms with E-state index in [1.807, 2.05) is 18.0 Å². The smallest absolute Gasteiger partial charge is 0.288 e. The van der Waals surface area contributed by atoms with E-state index in [2.05, 4.69) is 4.90 Å². The number of hydrogen-bond acceptors (Lipinski definition) is 8. The Hall–Kier alpha value is -2.18. The Labute approximate surface area is 219 Å². The van der Waals surface area contributed by atoms with Gasteiger partial charge in [0.05, 0.1) is 25.2 Å². The number of ether oxygens (including phenoxy) is 3. The first-order valence-electron chi connectivity index (χ1n) is 13.0. The Bertz CT molecular complexity index is 1030. The van der Waals surface area contributed by atoms with Gasteiger partial charge in [-0.05, 0) is 62.1 Å². The van der Waals surface area contributed by atoms with Gasteiger partial charge in [0.1, 0.15) is 5.75 Å². The molecule has 1 saturated carbocycles. The van der Waals surface area contributed by atoms with Crippen molar-refractivity contribution in [2.75, 3.05) is 66.6 Å². The number of rotatable bonds is 11. The maximum atomic E-state index is 13.2. The minimum atomic E-state index is -3.83. The molecule has 0 unspecified atom stereocenters. The molecular formula is C26H39N3O7S. The van der Waals surface area contributed by atoms with Crippen molar-refractivity contribution >= 4 is 15.9 Å². The molecule has 1 aromatic rings. The molecule has 2 heterocycles. The van der Waals surface area contributed by atoms with Crippen LogP contribution in [0.1, 0.15) is 25.7 Å². The van der Waals surface area contributed by atoms with Gasteiger partial charge in [0, 0.05) is 45.7 Å². The first-order valence-corrected chi connectivity index (χ1v) is 14.5. The van der Waals surface area contributed by atoms with Crippen LogP contribution in [0.3, 0.4) is 0 Å². The summed E-state index contributed by atoms with van der Waals surface area (Å²) in [5.74, 6) is 1.52. The summed E-state index contributed by atoms with van der Waals surface area (Å²) in [6, 6.07) is 6.13. The molecule has 1 saturated heterocycles. The van der Waals surface area contributed by atoms with E-state index < -0.39 is 16.3 Å². The first kappa shape index (κ1) is 27.8. The van der Waals surface area contributed by atoms with Crippen LogP contribution in [0.5, 0.6) is 5.75 Å². The quantitative estimate of drug-likeness (QED) is 0.453. The molecule has 0 spiro atoms. The molecule has 2 fully saturated rings. The topological polar surface area (TPSA) is 109 Å². The number of likely N-dealkylation sites (N-methyl/N-ethyl adjacent to an activating group) is 1. The van der Waals surface area contributed by atoms with Crippen LogP contribution >= 0.6 is 0 Å². The number of allylic oxidation sites excluding steroid dienone is 1. The lowest BCUT2D eigenvalue weighted by Gasteiger charge is -2.39. The minimum Gasteiger partial charge on any atom is -0.497 e. The molecule has 0 radical (unpaired) electrons. The van der Waals surface area contributed by atoms with Gasteiger partial charge < -0.3 is 29.1 Å². The number of piperazine rings is 1. The highest BCUT2D eigenvalue weighted by atomic mass is 32.2. The predicted octanol–water partition coefficient (Wildman–Crippen LogP) is 1.52. The normalized spacial score (nSPS) is 23.4. The lowest BCUT2D eigenvalue weighted by molar-refractivity contribution is -0.158. The van der Waals surface area contributed by atoms with Gasteiger partial charge >= 0.3 is 0 Å². The number of nitrogens with zero attached hydrogens (tertiary/aromatic N) is 3. The molecule has 0 bridgehead atoms. The van der Waals surface area contributed by atoms with Crippen molar-refractivity contribution in [3.63, 3.8) is 0 Å². The van der Waals surface area contributed by atoms with Gasteiger partial charge in [-0.15, -0.1) is 0 Å². The SMILES string of the molecule is COc1ccc(S(=O)(=O)N(CCO)CCO[C@@H]2C[C@H](C3CCC3)C=C(C(=O)N3CCN(C)CC3)O2)cc1. The Morgan fingerprint density at radius 2 is 1.84 bits per heavy atom. The monoisotopic (exact) mass is 537 g/mol. The second kappa shape index (κ2) is 12.6. The van der Waals surface area contributed by atoms with Crippen molar-refractivity contribution in [1.29, 1.82) is 0 Å². The fraction of sp³-hybridized carbons (Fsp3) is 0.654. The standard InChI is InChI=1S/C26H39N3O7S/c1-27-10-12-28(13-11-27)26(31)24-18-21(20-4-3-5-20)19-25(36-24)35-17-15-29(14-16-30)37(32,33)23-8-6-22(34-2)7-9-23/h6-9,18,20-21,25,30H,3-5,10-17,19H2,1-2H3/t21-,25+/m1/s1. The molecule has 3 aliphatic rings. The van der Waals surface area contributed by atoms with E-state index in [0.717, 1.165) is 25.9 Å². The van der Waals surface area contributed by atoms with Crippen molar-refractivity contribution in [1.82, 2.24) is 14.1 Å². The molecular weight excluding hydrogens is 498 g/mol. The van der Waals surface area contributed by atoms with Crippen molar-refractivity contribution in [3.05, 3.63) is 36.1 Å². The molecule has 206 valence electrons. The van der Waals surface area contributed by atoms with E-state index in [-0.39, 0.29) is 43.0 Å². The van der Waals surface area contributed by atoms with Crippen LogP contribution in [0, 0.1) is 11.8 Å². The summed E-state index contributed by atoms with van der Waals surface area (Å²) < 4.78 is 44.7. The molecule has 1 aromatic carbocycles. The summed E-state index contributed by atoms with van der Waals surface area (Å²) in [6.45, 7) is 2.74. The summed E-state index contributed by atoms with van der Waals surface area (Å²) in [6.07, 6.45) is 5.46. The van der Waals surface area contributed by atoms with Gasteiger partial charge in [-0.2, -0.15) is 4.31 Å². The Kier molecular flexibility index (Phi) is 9.46. The van der Waals surface area contributed by atoms with E-state index in [1.165, 1.54) is 30.0 Å². The van der Waals surface area contributed by atoms with E-state index in [1.54, 1.807) is 12.1 Å². The number of amides is 1. The van der Waals surface area contributed by atoms with Crippen LogP contribution in [0.4, 0.5) is 0 Å². The number of sulfonamides is 1. The second-order valence-corrected chi connectivity index (χ2v) is 11.9. The van der Waals surface area contributed by atoms with Crippen LogP contribution in [-0.4, -0.2) is 106 Å². The van der Waals surface area contributed by atoms with Crippen molar-refractivity contribution in [2.24, 2.45) is 11.8 Å². The number of aliphatic hydroxyl groups excluding tert-OH is 1. The molecule has 10 nitrogen and oxygen atoms in total. The van der Waals surface area contributed by atoms with Gasteiger partial charge in [0.25, 0.3) is 5.91 Å². The summed E-state index contributed by atoms with van der Waals surface area (Å²) in [5.41, 5.74) is 0. The summed E-state index contributed by atoms with van der Waals surface area (Å²) in [7, 11) is -0.272. The Balaban J connectivity index is 1.39. The predicted molar refractivity (Wildman–Crippen MR) is 137 cm³/mol. The van der Waals surface area contributed by atoms with Gasteiger partial charge in [0.15, 0.2) is 5.76 Å². The number of hydrogen-bond donors (Lipinski definition) is 1.